The summed E-state index contributed by atoms with van der Waals surface area (Å²) >= 11 is 1.71. The minimum Gasteiger partial charge on any atom is -0.394 e. The van der Waals surface area contributed by atoms with Gasteiger partial charge >= 0.3 is 0 Å². The Kier molecular flexibility index (Phi) is 9.14. The maximum atomic E-state index is 9.84. The maximum Gasteiger partial charge on any atom is 0.189 e. The molecule has 0 saturated carbocycles. The van der Waals surface area contributed by atoms with Crippen LogP contribution in [0.4, 0.5) is 0 Å². The van der Waals surface area contributed by atoms with Crippen molar-refractivity contribution in [2.24, 2.45) is 0 Å². The molecule has 162 valence electrons. The van der Waals surface area contributed by atoms with Crippen molar-refractivity contribution in [3.63, 3.8) is 0 Å². The van der Waals surface area contributed by atoms with E-state index in [0.717, 1.165) is 0 Å². The van der Waals surface area contributed by atoms with E-state index in [9.17, 15) is 30.6 Å². The minimum atomic E-state index is -1.72. The highest BCUT2D eigenvalue weighted by Crippen LogP contribution is 2.27. The molecule has 11 nitrogen and oxygen atoms in total. The van der Waals surface area contributed by atoms with Gasteiger partial charge in [0.15, 0.2) is 12.6 Å². The van der Waals surface area contributed by atoms with E-state index in [2.05, 4.69) is 0 Å². The van der Waals surface area contributed by atoms with E-state index in [-0.39, 0.29) is 0 Å². The van der Waals surface area contributed by atoms with E-state index >= 15 is 0 Å². The number of hydrogen-bond acceptors (Lipinski definition) is 12. The summed E-state index contributed by atoms with van der Waals surface area (Å²) < 4.78 is 15.3. The van der Waals surface area contributed by atoms with Gasteiger partial charge in [-0.1, -0.05) is 12.1 Å². The van der Waals surface area contributed by atoms with Gasteiger partial charge in [-0.05, 0) is 10.8 Å². The van der Waals surface area contributed by atoms with Crippen LogP contribution in [0.5, 0.6) is 0 Å². The van der Waals surface area contributed by atoms with Crippen LogP contribution in [0.15, 0.2) is 22.9 Å². The summed E-state index contributed by atoms with van der Waals surface area (Å²) in [6, 6.07) is 4.04. The topological polar surface area (TPSA) is 190 Å². The number of thiophene rings is 1. The Hall–Kier alpha value is -0.740. The van der Waals surface area contributed by atoms with E-state index in [1.54, 1.807) is 11.3 Å². The molecule has 0 bridgehead atoms. The Morgan fingerprint density at radius 2 is 1.04 bits per heavy atom. The van der Waals surface area contributed by atoms with Crippen LogP contribution in [0.25, 0.3) is 0 Å². The summed E-state index contributed by atoms with van der Waals surface area (Å²) in [6.45, 7) is -1.33. The molecular weight excluding hydrogens is 400 g/mol. The zero-order chi connectivity index (χ0) is 20.8. The van der Waals surface area contributed by atoms with Gasteiger partial charge in [0.1, 0.15) is 48.8 Å². The third-order valence-corrected chi connectivity index (χ3v) is 5.02. The summed E-state index contributed by atoms with van der Waals surface area (Å²) in [5.41, 5.74) is 0. The predicted octanol–water partition coefficient (Wildman–Crippen LogP) is -3.65. The van der Waals surface area contributed by atoms with Crippen molar-refractivity contribution in [3.8, 4) is 0 Å². The zero-order valence-corrected chi connectivity index (χ0v) is 15.5. The van der Waals surface area contributed by atoms with Crippen LogP contribution in [-0.2, 0) is 14.2 Å². The summed E-state index contributed by atoms with van der Waals surface area (Å²) in [7, 11) is 0. The van der Waals surface area contributed by atoms with E-state index < -0.39 is 74.6 Å². The normalized spacial score (nSPS) is 43.9. The van der Waals surface area contributed by atoms with Gasteiger partial charge in [-0.2, -0.15) is 11.3 Å². The van der Waals surface area contributed by atoms with Crippen LogP contribution in [0.3, 0.4) is 0 Å². The largest absolute Gasteiger partial charge is 0.394 e. The van der Waals surface area contributed by atoms with Gasteiger partial charge in [-0.15, -0.1) is 0 Å². The highest BCUT2D eigenvalue weighted by atomic mass is 32.1. The van der Waals surface area contributed by atoms with Crippen molar-refractivity contribution in [2.75, 3.05) is 13.2 Å². The second kappa shape index (κ2) is 10.9. The summed E-state index contributed by atoms with van der Waals surface area (Å²) in [5, 5.41) is 80.5. The van der Waals surface area contributed by atoms with Crippen LogP contribution in [0, 0.1) is 0 Å². The van der Waals surface area contributed by atoms with E-state index in [0.29, 0.717) is 0 Å². The maximum absolute atomic E-state index is 9.84. The Bertz CT molecular complexity index is 491. The van der Waals surface area contributed by atoms with Crippen molar-refractivity contribution >= 4 is 11.3 Å². The molecule has 2 aliphatic heterocycles. The molecule has 0 unspecified atom stereocenters. The first kappa shape index (κ1) is 23.5. The molecule has 12 heteroatoms. The number of aliphatic hydroxyl groups is 8. The van der Waals surface area contributed by atoms with Gasteiger partial charge in [-0.25, -0.2) is 0 Å². The van der Waals surface area contributed by atoms with Crippen LogP contribution in [0.1, 0.15) is 0 Å². The molecule has 0 aliphatic carbocycles. The number of ether oxygens (including phenoxy) is 3. The molecule has 3 heterocycles. The Balaban J connectivity index is 0.000000485. The second-order valence-electron chi connectivity index (χ2n) is 6.32. The lowest BCUT2D eigenvalue weighted by Crippen LogP contribution is -2.63. The summed E-state index contributed by atoms with van der Waals surface area (Å²) in [6.07, 6.45) is -15.6. The van der Waals surface area contributed by atoms with Crippen molar-refractivity contribution in [1.82, 2.24) is 0 Å². The standard InChI is InChI=1S/C12H22O11.C4H4S/c13-1-3-5(15)7(17)9(19)11(21-3)23-12-10(20)8(18)6(16)4(2-14)22-12;1-2-4-5-3-1/h3-20H,1-2H2;1-4H/t3-,4-,5-,6-,7+,8+,9-,10-,11-,12-;/m1./s1. The molecule has 1 aromatic heterocycles. The fraction of sp³-hybridized carbons (Fsp3) is 0.750. The Morgan fingerprint density at radius 3 is 1.32 bits per heavy atom. The Morgan fingerprint density at radius 1 is 0.643 bits per heavy atom. The summed E-state index contributed by atoms with van der Waals surface area (Å²) in [5.74, 6) is 0. The molecule has 3 rings (SSSR count). The fourth-order valence-electron chi connectivity index (χ4n) is 2.72. The Labute approximate surface area is 164 Å². The van der Waals surface area contributed by atoms with Crippen LogP contribution in [0.2, 0.25) is 0 Å². The average Bonchev–Trinajstić information content (AvgIpc) is 3.28. The first-order valence-electron chi connectivity index (χ1n) is 8.55. The number of aliphatic hydroxyl groups excluding tert-OH is 8. The third-order valence-electron chi connectivity index (χ3n) is 4.39. The summed E-state index contributed by atoms with van der Waals surface area (Å²) in [4.78, 5) is 0. The molecule has 1 aromatic rings. The SMILES string of the molecule is OC[C@H]1O[C@H](O[C@H]2O[C@H](CO)[C@@H](O)[C@H](O)[C@H]2O)[C@H](O)[C@@H](O)[C@@H]1O.c1ccsc1. The monoisotopic (exact) mass is 426 g/mol. The molecule has 8 N–H and O–H groups in total. The van der Waals surface area contributed by atoms with Gasteiger partial charge in [-0.3, -0.25) is 0 Å². The molecule has 2 saturated heterocycles. The second-order valence-corrected chi connectivity index (χ2v) is 7.14. The highest BCUT2D eigenvalue weighted by molar-refractivity contribution is 7.07. The van der Waals surface area contributed by atoms with E-state index in [4.69, 9.17) is 24.4 Å². The van der Waals surface area contributed by atoms with Gasteiger partial charge < -0.3 is 55.1 Å². The van der Waals surface area contributed by atoms with Gasteiger partial charge in [0.2, 0.25) is 0 Å². The quantitative estimate of drug-likeness (QED) is 0.237. The molecule has 2 aliphatic rings. The van der Waals surface area contributed by atoms with E-state index in [1.807, 2.05) is 22.9 Å². The van der Waals surface area contributed by atoms with Crippen molar-refractivity contribution < 1.29 is 55.1 Å². The number of hydrogen-bond donors (Lipinski definition) is 8. The fourth-order valence-corrected chi connectivity index (χ4v) is 3.17. The lowest BCUT2D eigenvalue weighted by molar-refractivity contribution is -0.376. The first-order chi connectivity index (χ1) is 13.3. The average molecular weight is 426 g/mol. The molecule has 0 amide bonds. The van der Waals surface area contributed by atoms with E-state index in [1.165, 1.54) is 0 Å². The van der Waals surface area contributed by atoms with Gasteiger partial charge in [0, 0.05) is 0 Å². The molecule has 0 radical (unpaired) electrons. The predicted molar refractivity (Wildman–Crippen MR) is 92.9 cm³/mol. The molecule has 28 heavy (non-hydrogen) atoms. The molecule has 2 fully saturated rings. The molecule has 10 atom stereocenters. The lowest BCUT2D eigenvalue weighted by atomic mass is 9.98. The lowest BCUT2D eigenvalue weighted by Gasteiger charge is -2.44. The number of rotatable bonds is 4. The van der Waals surface area contributed by atoms with Gasteiger partial charge in [0.25, 0.3) is 0 Å². The third kappa shape index (κ3) is 5.44. The highest BCUT2D eigenvalue weighted by Gasteiger charge is 2.49. The smallest absolute Gasteiger partial charge is 0.189 e. The van der Waals surface area contributed by atoms with Crippen LogP contribution in [-0.4, -0.2) is 115 Å². The van der Waals surface area contributed by atoms with Crippen LogP contribution < -0.4 is 0 Å². The first-order valence-corrected chi connectivity index (χ1v) is 9.49. The van der Waals surface area contributed by atoms with Crippen LogP contribution >= 0.6 is 11.3 Å². The van der Waals surface area contributed by atoms with Crippen molar-refractivity contribution in [3.05, 3.63) is 22.9 Å². The van der Waals surface area contributed by atoms with Crippen molar-refractivity contribution in [2.45, 2.75) is 61.4 Å². The molecule has 0 spiro atoms. The van der Waals surface area contributed by atoms with Crippen molar-refractivity contribution in [1.29, 1.82) is 0 Å². The molecular formula is C16H26O11S. The minimum absolute atomic E-state index is 0.667. The molecule has 0 aromatic carbocycles. The van der Waals surface area contributed by atoms with Gasteiger partial charge in [0.05, 0.1) is 13.2 Å². The zero-order valence-electron chi connectivity index (χ0n) is 14.7.